The molecule has 0 aromatic rings. The fourth-order valence-corrected chi connectivity index (χ4v) is 5.94. The van der Waals surface area contributed by atoms with Crippen LogP contribution < -0.4 is 0 Å². The van der Waals surface area contributed by atoms with Crippen LogP contribution in [0.1, 0.15) is 91.9 Å². The third kappa shape index (κ3) is 7.80. The van der Waals surface area contributed by atoms with Crippen molar-refractivity contribution in [3.63, 3.8) is 0 Å². The van der Waals surface area contributed by atoms with E-state index < -0.39 is 44.6 Å². The molecule has 7 nitrogen and oxygen atoms in total. The van der Waals surface area contributed by atoms with Crippen LogP contribution in [0.15, 0.2) is 0 Å². The third-order valence-electron chi connectivity index (χ3n) is 5.92. The molecule has 168 valence electrons. The summed E-state index contributed by atoms with van der Waals surface area (Å²) in [5.74, 6) is -6.57. The van der Waals surface area contributed by atoms with Crippen molar-refractivity contribution in [1.29, 1.82) is 0 Å². The first-order valence-electron chi connectivity index (χ1n) is 10.5. The number of hydrogen-bond acceptors (Lipinski definition) is 4. The molecule has 4 atom stereocenters. The van der Waals surface area contributed by atoms with Gasteiger partial charge in [-0.05, 0) is 24.7 Å². The molecule has 0 aliphatic rings. The number of rotatable bonds is 16. The topological polar surface area (TPSA) is 129 Å². The van der Waals surface area contributed by atoms with E-state index in [-0.39, 0.29) is 42.4 Å². The molecule has 0 heterocycles. The number of carboxylic acids is 2. The molecule has 0 amide bonds. The van der Waals surface area contributed by atoms with Crippen LogP contribution in [0, 0.1) is 17.8 Å². The van der Waals surface area contributed by atoms with E-state index in [1.54, 1.807) is 13.8 Å². The van der Waals surface area contributed by atoms with Gasteiger partial charge in [0, 0.05) is 0 Å². The first kappa shape index (κ1) is 31.0. The predicted molar refractivity (Wildman–Crippen MR) is 116 cm³/mol. The van der Waals surface area contributed by atoms with Gasteiger partial charge in [-0.15, -0.1) is 0 Å². The third-order valence-corrected chi connectivity index (χ3v) is 7.53. The molecule has 0 spiro atoms. The van der Waals surface area contributed by atoms with Gasteiger partial charge in [-0.3, -0.25) is 14.1 Å². The van der Waals surface area contributed by atoms with Gasteiger partial charge in [0.25, 0.3) is 10.1 Å². The van der Waals surface area contributed by atoms with Crippen LogP contribution >= 0.6 is 0 Å². The molecule has 29 heavy (non-hydrogen) atoms. The van der Waals surface area contributed by atoms with Gasteiger partial charge in [-0.2, -0.15) is 8.42 Å². The second-order valence-electron chi connectivity index (χ2n) is 7.65. The minimum atomic E-state index is -5.18. The number of aliphatic carboxylic acids is 2. The summed E-state index contributed by atoms with van der Waals surface area (Å²) in [6.07, 6.45) is 5.81. The molecule has 0 aliphatic heterocycles. The van der Waals surface area contributed by atoms with Gasteiger partial charge in [0.15, 0.2) is 0 Å². The summed E-state index contributed by atoms with van der Waals surface area (Å²) >= 11 is 0. The molecule has 3 N–H and O–H groups in total. The Hall–Kier alpha value is -0.150. The molecule has 0 aromatic heterocycles. The molecule has 0 fully saturated rings. The molecular weight excluding hydrogens is 407 g/mol. The summed E-state index contributed by atoms with van der Waals surface area (Å²) < 4.78 is 32.4. The van der Waals surface area contributed by atoms with E-state index in [0.717, 1.165) is 25.7 Å². The standard InChI is InChI=1S/C20H38O7S.Na.H/c1-5-9-11-13-15(7-3)17(18(21)22)20(19(23)24,28(25,26)27)16(8-4)14-12-10-6-2;;/h15-17H,5-14H2,1-4H3,(H,21,22)(H,23,24)(H,25,26,27);;. The Morgan fingerprint density at radius 2 is 1.34 bits per heavy atom. The maximum absolute atomic E-state index is 12.5. The minimum absolute atomic E-state index is 0. The Balaban J connectivity index is 0. The molecular formula is C20H39NaO7S. The number of unbranched alkanes of at least 4 members (excludes halogenated alkanes) is 4. The van der Waals surface area contributed by atoms with Crippen molar-refractivity contribution in [2.75, 3.05) is 0 Å². The average molecular weight is 447 g/mol. The fourth-order valence-electron chi connectivity index (χ4n) is 4.40. The van der Waals surface area contributed by atoms with E-state index in [9.17, 15) is 32.8 Å². The van der Waals surface area contributed by atoms with Gasteiger partial charge < -0.3 is 10.2 Å². The second kappa shape index (κ2) is 14.8. The van der Waals surface area contributed by atoms with E-state index in [1.165, 1.54) is 0 Å². The second-order valence-corrected chi connectivity index (χ2v) is 9.28. The summed E-state index contributed by atoms with van der Waals surface area (Å²) in [6, 6.07) is 0. The SMILES string of the molecule is CCCCCC(CC)C(C(=O)O)C(C(=O)O)(C(CC)CCCCC)S(=O)(=O)O.[NaH]. The Bertz CT molecular complexity index is 594. The van der Waals surface area contributed by atoms with Crippen molar-refractivity contribution in [3.8, 4) is 0 Å². The van der Waals surface area contributed by atoms with E-state index >= 15 is 0 Å². The van der Waals surface area contributed by atoms with Crippen LogP contribution in [0.2, 0.25) is 0 Å². The van der Waals surface area contributed by atoms with Crippen LogP contribution in [-0.2, 0) is 19.7 Å². The van der Waals surface area contributed by atoms with Crippen molar-refractivity contribution < 1.29 is 32.8 Å². The van der Waals surface area contributed by atoms with Gasteiger partial charge in [0.2, 0.25) is 4.75 Å². The van der Waals surface area contributed by atoms with Crippen molar-refractivity contribution in [1.82, 2.24) is 0 Å². The number of carbonyl (C=O) groups is 2. The zero-order chi connectivity index (χ0) is 22.0. The molecule has 9 heteroatoms. The molecule has 0 saturated carbocycles. The molecule has 0 rings (SSSR count). The Labute approximate surface area is 198 Å². The Morgan fingerprint density at radius 3 is 1.66 bits per heavy atom. The summed E-state index contributed by atoms with van der Waals surface area (Å²) in [5.41, 5.74) is 0. The van der Waals surface area contributed by atoms with Crippen LogP contribution in [-0.4, -0.2) is 69.4 Å². The quantitative estimate of drug-likeness (QED) is 0.186. The first-order chi connectivity index (χ1) is 13.1. The number of carboxylic acid groups (broad SMARTS) is 2. The predicted octanol–water partition coefficient (Wildman–Crippen LogP) is 3.96. The zero-order valence-corrected chi connectivity index (χ0v) is 18.5. The maximum atomic E-state index is 12.5. The molecule has 0 aliphatic carbocycles. The van der Waals surface area contributed by atoms with Crippen molar-refractivity contribution in [3.05, 3.63) is 0 Å². The Kier molecular flexibility index (Phi) is 15.8. The van der Waals surface area contributed by atoms with Crippen molar-refractivity contribution in [2.24, 2.45) is 17.8 Å². The molecule has 0 radical (unpaired) electrons. The molecule has 0 bridgehead atoms. The monoisotopic (exact) mass is 446 g/mol. The normalized spacial score (nSPS) is 16.9. The van der Waals surface area contributed by atoms with Gasteiger partial charge in [-0.1, -0.05) is 79.1 Å². The average Bonchev–Trinajstić information content (AvgIpc) is 2.60. The van der Waals surface area contributed by atoms with Crippen LogP contribution in [0.5, 0.6) is 0 Å². The zero-order valence-electron chi connectivity index (χ0n) is 17.7. The van der Waals surface area contributed by atoms with Crippen molar-refractivity contribution in [2.45, 2.75) is 96.7 Å². The summed E-state index contributed by atoms with van der Waals surface area (Å²) in [6.45, 7) is 7.35. The van der Waals surface area contributed by atoms with E-state index in [0.29, 0.717) is 25.7 Å². The molecule has 4 unspecified atom stereocenters. The molecule has 0 saturated heterocycles. The van der Waals surface area contributed by atoms with Crippen LogP contribution in [0.3, 0.4) is 0 Å². The summed E-state index contributed by atoms with van der Waals surface area (Å²) in [4.78, 5) is 24.6. The van der Waals surface area contributed by atoms with Gasteiger partial charge in [0.05, 0.1) is 5.92 Å². The molecule has 0 aromatic carbocycles. The van der Waals surface area contributed by atoms with Crippen LogP contribution in [0.4, 0.5) is 0 Å². The van der Waals surface area contributed by atoms with E-state index in [4.69, 9.17) is 0 Å². The van der Waals surface area contributed by atoms with Gasteiger partial charge in [0.1, 0.15) is 0 Å². The Morgan fingerprint density at radius 1 is 0.862 bits per heavy atom. The summed E-state index contributed by atoms with van der Waals surface area (Å²) in [5, 5.41) is 20.0. The van der Waals surface area contributed by atoms with Crippen LogP contribution in [0.25, 0.3) is 0 Å². The van der Waals surface area contributed by atoms with Gasteiger partial charge in [-0.25, -0.2) is 0 Å². The number of hydrogen-bond donors (Lipinski definition) is 3. The van der Waals surface area contributed by atoms with Crippen molar-refractivity contribution >= 4 is 51.6 Å². The fraction of sp³-hybridized carbons (Fsp3) is 0.900. The van der Waals surface area contributed by atoms with Gasteiger partial charge >= 0.3 is 41.5 Å². The van der Waals surface area contributed by atoms with E-state index in [2.05, 4.69) is 0 Å². The van der Waals surface area contributed by atoms with E-state index in [1.807, 2.05) is 13.8 Å². The summed E-state index contributed by atoms with van der Waals surface area (Å²) in [7, 11) is -5.18. The first-order valence-corrected chi connectivity index (χ1v) is 11.9.